The van der Waals surface area contributed by atoms with Gasteiger partial charge >= 0.3 is 0 Å². The Morgan fingerprint density at radius 3 is 2.62 bits per heavy atom. The van der Waals surface area contributed by atoms with E-state index in [-0.39, 0.29) is 17.5 Å². The van der Waals surface area contributed by atoms with Crippen LogP contribution >= 0.6 is 11.3 Å². The van der Waals surface area contributed by atoms with Crippen molar-refractivity contribution >= 4 is 22.4 Å². The van der Waals surface area contributed by atoms with Crippen molar-refractivity contribution in [2.75, 3.05) is 18.4 Å². The number of amides is 1. The molecule has 1 aromatic carbocycles. The number of carbonyl (C=O) groups is 1. The van der Waals surface area contributed by atoms with Gasteiger partial charge in [0.1, 0.15) is 11.6 Å². The molecule has 5 nitrogen and oxygen atoms in total. The molecule has 0 fully saturated rings. The molecular formula is C13H14F2N4OS. The minimum absolute atomic E-state index is 0.247. The molecule has 8 heteroatoms. The van der Waals surface area contributed by atoms with Crippen LogP contribution in [0.4, 0.5) is 13.9 Å². The lowest BCUT2D eigenvalue weighted by Gasteiger charge is -2.03. The maximum absolute atomic E-state index is 13.0. The van der Waals surface area contributed by atoms with E-state index in [9.17, 15) is 13.6 Å². The third-order valence-corrected chi connectivity index (χ3v) is 3.45. The highest BCUT2D eigenvalue weighted by Crippen LogP contribution is 2.14. The maximum atomic E-state index is 13.0. The standard InChI is InChI=1S/C13H14F2N4OS/c1-2-16-13-19-18-12(21-13)11(20)17-4-3-8-5-9(14)7-10(15)6-8/h5-7H,2-4H2,1H3,(H,16,19)(H,17,20). The lowest BCUT2D eigenvalue weighted by atomic mass is 10.1. The first-order chi connectivity index (χ1) is 10.1. The van der Waals surface area contributed by atoms with Crippen molar-refractivity contribution in [1.29, 1.82) is 0 Å². The van der Waals surface area contributed by atoms with Crippen molar-refractivity contribution in [2.24, 2.45) is 0 Å². The Labute approximate surface area is 124 Å². The average Bonchev–Trinajstić information content (AvgIpc) is 2.86. The molecule has 2 rings (SSSR count). The van der Waals surface area contributed by atoms with Crippen LogP contribution in [0.1, 0.15) is 22.3 Å². The Morgan fingerprint density at radius 1 is 1.24 bits per heavy atom. The van der Waals surface area contributed by atoms with Gasteiger partial charge in [-0.05, 0) is 31.0 Å². The molecule has 0 aliphatic heterocycles. The summed E-state index contributed by atoms with van der Waals surface area (Å²) in [5, 5.41) is 14.0. The Hall–Kier alpha value is -2.09. The van der Waals surface area contributed by atoms with Crippen LogP contribution in [0.25, 0.3) is 0 Å². The zero-order valence-electron chi connectivity index (χ0n) is 11.3. The maximum Gasteiger partial charge on any atom is 0.282 e. The Morgan fingerprint density at radius 2 is 1.95 bits per heavy atom. The second kappa shape index (κ2) is 7.07. The number of anilines is 1. The summed E-state index contributed by atoms with van der Waals surface area (Å²) in [7, 11) is 0. The van der Waals surface area contributed by atoms with Gasteiger partial charge in [0.25, 0.3) is 5.91 Å². The number of hydrogen-bond donors (Lipinski definition) is 2. The Bertz CT molecular complexity index is 612. The summed E-state index contributed by atoms with van der Waals surface area (Å²) in [6.45, 7) is 2.87. The molecule has 0 saturated heterocycles. The molecule has 0 radical (unpaired) electrons. The number of nitrogens with zero attached hydrogens (tertiary/aromatic N) is 2. The van der Waals surface area contributed by atoms with Crippen molar-refractivity contribution in [3.05, 3.63) is 40.4 Å². The molecule has 0 bridgehead atoms. The fourth-order valence-electron chi connectivity index (χ4n) is 1.69. The first kappa shape index (κ1) is 15.3. The molecule has 0 aliphatic rings. The minimum atomic E-state index is -0.629. The van der Waals surface area contributed by atoms with E-state index in [1.165, 1.54) is 12.1 Å². The quantitative estimate of drug-likeness (QED) is 0.858. The molecule has 2 N–H and O–H groups in total. The minimum Gasteiger partial charge on any atom is -0.360 e. The lowest BCUT2D eigenvalue weighted by molar-refractivity contribution is 0.0953. The second-order valence-electron chi connectivity index (χ2n) is 4.23. The zero-order valence-corrected chi connectivity index (χ0v) is 12.1. The number of nitrogens with one attached hydrogen (secondary N) is 2. The van der Waals surface area contributed by atoms with Crippen molar-refractivity contribution < 1.29 is 13.6 Å². The third-order valence-electron chi connectivity index (χ3n) is 2.57. The van der Waals surface area contributed by atoms with Gasteiger partial charge in [0.15, 0.2) is 0 Å². The van der Waals surface area contributed by atoms with E-state index in [1.54, 1.807) is 0 Å². The molecule has 1 aromatic heterocycles. The average molecular weight is 312 g/mol. The molecule has 0 aliphatic carbocycles. The van der Waals surface area contributed by atoms with Crippen LogP contribution in [0, 0.1) is 11.6 Å². The van der Waals surface area contributed by atoms with Crippen LogP contribution in [0.3, 0.4) is 0 Å². The summed E-state index contributed by atoms with van der Waals surface area (Å²) < 4.78 is 26.0. The summed E-state index contributed by atoms with van der Waals surface area (Å²) in [5.74, 6) is -1.61. The summed E-state index contributed by atoms with van der Waals surface area (Å²) in [4.78, 5) is 11.8. The van der Waals surface area contributed by atoms with E-state index < -0.39 is 11.6 Å². The second-order valence-corrected chi connectivity index (χ2v) is 5.20. The normalized spacial score (nSPS) is 10.4. The van der Waals surface area contributed by atoms with E-state index in [4.69, 9.17) is 0 Å². The highest BCUT2D eigenvalue weighted by Gasteiger charge is 2.12. The summed E-state index contributed by atoms with van der Waals surface area (Å²) >= 11 is 1.15. The number of aromatic nitrogens is 2. The van der Waals surface area contributed by atoms with Crippen LogP contribution in [0.2, 0.25) is 0 Å². The molecule has 0 unspecified atom stereocenters. The van der Waals surface area contributed by atoms with E-state index >= 15 is 0 Å². The molecule has 0 spiro atoms. The molecule has 112 valence electrons. The van der Waals surface area contributed by atoms with Crippen molar-refractivity contribution in [3.63, 3.8) is 0 Å². The monoisotopic (exact) mass is 312 g/mol. The third kappa shape index (κ3) is 4.45. The van der Waals surface area contributed by atoms with E-state index in [1.807, 2.05) is 6.92 Å². The predicted octanol–water partition coefficient (Wildman–Crippen LogP) is 2.22. The van der Waals surface area contributed by atoms with E-state index in [0.29, 0.717) is 23.7 Å². The Kier molecular flexibility index (Phi) is 5.15. The fourth-order valence-corrected chi connectivity index (χ4v) is 2.42. The highest BCUT2D eigenvalue weighted by molar-refractivity contribution is 7.17. The number of halogens is 2. The number of benzene rings is 1. The number of rotatable bonds is 6. The SMILES string of the molecule is CCNc1nnc(C(=O)NCCc2cc(F)cc(F)c2)s1. The summed E-state index contributed by atoms with van der Waals surface area (Å²) in [5.41, 5.74) is 0.485. The topological polar surface area (TPSA) is 66.9 Å². The molecule has 2 aromatic rings. The van der Waals surface area contributed by atoms with Crippen molar-refractivity contribution in [1.82, 2.24) is 15.5 Å². The lowest BCUT2D eigenvalue weighted by Crippen LogP contribution is -2.25. The molecular weight excluding hydrogens is 298 g/mol. The zero-order chi connectivity index (χ0) is 15.2. The van der Waals surface area contributed by atoms with Gasteiger partial charge in [0.2, 0.25) is 10.1 Å². The Balaban J connectivity index is 1.86. The molecule has 1 heterocycles. The first-order valence-electron chi connectivity index (χ1n) is 6.39. The van der Waals surface area contributed by atoms with Crippen LogP contribution in [-0.2, 0) is 6.42 Å². The van der Waals surface area contributed by atoms with Gasteiger partial charge in [-0.2, -0.15) is 0 Å². The van der Waals surface area contributed by atoms with Gasteiger partial charge in [-0.3, -0.25) is 4.79 Å². The largest absolute Gasteiger partial charge is 0.360 e. The van der Waals surface area contributed by atoms with Gasteiger partial charge in [-0.1, -0.05) is 11.3 Å². The predicted molar refractivity (Wildman–Crippen MR) is 76.5 cm³/mol. The van der Waals surface area contributed by atoms with Crippen LogP contribution in [0.5, 0.6) is 0 Å². The molecule has 1 amide bonds. The van der Waals surface area contributed by atoms with Gasteiger partial charge in [0.05, 0.1) is 0 Å². The smallest absolute Gasteiger partial charge is 0.282 e. The van der Waals surface area contributed by atoms with Crippen molar-refractivity contribution in [2.45, 2.75) is 13.3 Å². The van der Waals surface area contributed by atoms with E-state index in [0.717, 1.165) is 17.4 Å². The van der Waals surface area contributed by atoms with Crippen LogP contribution in [-0.4, -0.2) is 29.2 Å². The van der Waals surface area contributed by atoms with E-state index in [2.05, 4.69) is 20.8 Å². The molecule has 0 atom stereocenters. The highest BCUT2D eigenvalue weighted by atomic mass is 32.1. The molecule has 21 heavy (non-hydrogen) atoms. The fraction of sp³-hybridized carbons (Fsp3) is 0.308. The van der Waals surface area contributed by atoms with Crippen LogP contribution < -0.4 is 10.6 Å². The summed E-state index contributed by atoms with van der Waals surface area (Å²) in [6, 6.07) is 3.29. The summed E-state index contributed by atoms with van der Waals surface area (Å²) in [6.07, 6.45) is 0.333. The van der Waals surface area contributed by atoms with Gasteiger partial charge < -0.3 is 10.6 Å². The van der Waals surface area contributed by atoms with Crippen molar-refractivity contribution in [3.8, 4) is 0 Å². The number of hydrogen-bond acceptors (Lipinski definition) is 5. The number of carbonyl (C=O) groups excluding carboxylic acids is 1. The van der Waals surface area contributed by atoms with Crippen LogP contribution in [0.15, 0.2) is 18.2 Å². The van der Waals surface area contributed by atoms with Gasteiger partial charge in [-0.15, -0.1) is 10.2 Å². The molecule has 0 saturated carbocycles. The first-order valence-corrected chi connectivity index (χ1v) is 7.20. The van der Waals surface area contributed by atoms with Gasteiger partial charge in [-0.25, -0.2) is 8.78 Å². The van der Waals surface area contributed by atoms with Gasteiger partial charge in [0, 0.05) is 19.2 Å².